The van der Waals surface area contributed by atoms with E-state index in [1.54, 1.807) is 19.1 Å². The van der Waals surface area contributed by atoms with Gasteiger partial charge in [-0.25, -0.2) is 13.2 Å². The highest BCUT2D eigenvalue weighted by molar-refractivity contribution is 7.89. The zero-order chi connectivity index (χ0) is 26.6. The third-order valence-corrected chi connectivity index (χ3v) is 7.72. The Morgan fingerprint density at radius 1 is 1.36 bits per heavy atom. The lowest BCUT2D eigenvalue weighted by atomic mass is 9.91. The fourth-order valence-corrected chi connectivity index (χ4v) is 5.91. The Balaban J connectivity index is 1.96. The summed E-state index contributed by atoms with van der Waals surface area (Å²) in [6.45, 7) is 3.98. The molecule has 0 radical (unpaired) electrons. The minimum absolute atomic E-state index is 0.0223. The van der Waals surface area contributed by atoms with Crippen molar-refractivity contribution in [1.29, 1.82) is 0 Å². The van der Waals surface area contributed by atoms with E-state index in [1.807, 2.05) is 6.92 Å². The maximum atomic E-state index is 13.5. The molecule has 0 aliphatic carbocycles. The summed E-state index contributed by atoms with van der Waals surface area (Å²) in [6, 6.07) is 3.78. The molecule has 1 aliphatic rings. The fraction of sp³-hybridized carbons (Fsp3) is 0.478. The average Bonchev–Trinajstić information content (AvgIpc) is 2.79. The first-order chi connectivity index (χ1) is 16.9. The maximum Gasteiger partial charge on any atom is 0.326 e. The van der Waals surface area contributed by atoms with E-state index in [1.165, 1.54) is 23.2 Å². The standard InChI is InChI=1S/C23H32N6O6S/c1-14-8-10-28(18(12-14)22(31)32)21(30)17(6-4-9-26-23(24)25)27-36(34,35)19-7-3-5-16-11-15(2)13-29(33)20(16)19/h3,5,7,11,13-14,17-18,27H,4,6,8-10,12H2,1-2H3,(H,31,32)(H4,24,25,26)/t14?,17-,18+/m0/s1. The second-order valence-corrected chi connectivity index (χ2v) is 10.9. The van der Waals surface area contributed by atoms with Gasteiger partial charge < -0.3 is 26.7 Å². The third-order valence-electron chi connectivity index (χ3n) is 6.22. The number of sulfonamides is 1. The third kappa shape index (κ3) is 6.21. The van der Waals surface area contributed by atoms with E-state index in [0.717, 1.165) is 0 Å². The topological polar surface area (TPSA) is 195 Å². The second kappa shape index (κ2) is 11.1. The van der Waals surface area contributed by atoms with Crippen molar-refractivity contribution >= 4 is 38.8 Å². The number of benzene rings is 1. The lowest BCUT2D eigenvalue weighted by molar-refractivity contribution is -0.578. The number of amides is 1. The Bertz CT molecular complexity index is 1280. The number of carbonyl (C=O) groups excluding carboxylic acids is 1. The SMILES string of the molecule is Cc1cc2cccc(S(=O)(=O)N[C@@H](CCCN=C(N)N)C(=O)N3CCC(C)C[C@@H]3C(=O)O)c2[n+]([O-])c1. The van der Waals surface area contributed by atoms with E-state index >= 15 is 0 Å². The largest absolute Gasteiger partial charge is 0.618 e. The molecule has 0 saturated carbocycles. The number of likely N-dealkylation sites (tertiary alicyclic amines) is 1. The Labute approximate surface area is 209 Å². The van der Waals surface area contributed by atoms with Gasteiger partial charge in [-0.15, -0.1) is 0 Å². The van der Waals surface area contributed by atoms with Crippen molar-refractivity contribution in [3.8, 4) is 0 Å². The van der Waals surface area contributed by atoms with E-state index in [-0.39, 0.29) is 54.6 Å². The van der Waals surface area contributed by atoms with Crippen LogP contribution < -0.4 is 20.9 Å². The molecule has 1 unspecified atom stereocenters. The van der Waals surface area contributed by atoms with Crippen LogP contribution in [0.25, 0.3) is 10.9 Å². The summed E-state index contributed by atoms with van der Waals surface area (Å²) >= 11 is 0. The summed E-state index contributed by atoms with van der Waals surface area (Å²) in [5.41, 5.74) is 11.3. The number of fused-ring (bicyclic) bond motifs is 1. The molecule has 36 heavy (non-hydrogen) atoms. The molecule has 1 amide bonds. The maximum absolute atomic E-state index is 13.5. The number of nitrogens with zero attached hydrogens (tertiary/aromatic N) is 3. The summed E-state index contributed by atoms with van der Waals surface area (Å²) in [7, 11) is -4.36. The first kappa shape index (κ1) is 27.1. The van der Waals surface area contributed by atoms with Gasteiger partial charge >= 0.3 is 5.97 Å². The monoisotopic (exact) mass is 520 g/mol. The van der Waals surface area contributed by atoms with Crippen LogP contribution in [0.15, 0.2) is 40.4 Å². The number of hydrogen-bond acceptors (Lipinski definition) is 6. The van der Waals surface area contributed by atoms with Crippen molar-refractivity contribution in [2.75, 3.05) is 13.1 Å². The molecule has 2 heterocycles. The summed E-state index contributed by atoms with van der Waals surface area (Å²) in [5, 5.41) is 22.7. The molecule has 1 saturated heterocycles. The van der Waals surface area contributed by atoms with Crippen molar-refractivity contribution in [2.45, 2.75) is 56.5 Å². The Kier molecular flexibility index (Phi) is 8.35. The number of guanidine groups is 1. The lowest BCUT2D eigenvalue weighted by Crippen LogP contribution is -2.56. The molecule has 2 aromatic rings. The fourth-order valence-electron chi connectivity index (χ4n) is 4.47. The van der Waals surface area contributed by atoms with Crippen molar-refractivity contribution in [3.05, 3.63) is 41.2 Å². The number of aliphatic imine (C=N–C) groups is 1. The van der Waals surface area contributed by atoms with E-state index in [4.69, 9.17) is 11.5 Å². The van der Waals surface area contributed by atoms with Gasteiger partial charge in [-0.3, -0.25) is 9.79 Å². The van der Waals surface area contributed by atoms with Gasteiger partial charge in [-0.2, -0.15) is 9.45 Å². The van der Waals surface area contributed by atoms with Gasteiger partial charge in [-0.1, -0.05) is 13.0 Å². The van der Waals surface area contributed by atoms with Gasteiger partial charge in [-0.05, 0) is 56.7 Å². The van der Waals surface area contributed by atoms with E-state index in [9.17, 15) is 28.3 Å². The van der Waals surface area contributed by atoms with Crippen molar-refractivity contribution in [2.24, 2.45) is 22.4 Å². The van der Waals surface area contributed by atoms with Crippen LogP contribution in [0.5, 0.6) is 0 Å². The summed E-state index contributed by atoms with van der Waals surface area (Å²) < 4.78 is 29.9. The van der Waals surface area contributed by atoms with Crippen molar-refractivity contribution < 1.29 is 27.8 Å². The Morgan fingerprint density at radius 3 is 2.75 bits per heavy atom. The van der Waals surface area contributed by atoms with Crippen LogP contribution in [-0.4, -0.2) is 61.4 Å². The van der Waals surface area contributed by atoms with E-state index in [0.29, 0.717) is 22.1 Å². The molecule has 13 heteroatoms. The highest BCUT2D eigenvalue weighted by Crippen LogP contribution is 2.25. The minimum Gasteiger partial charge on any atom is -0.618 e. The summed E-state index contributed by atoms with van der Waals surface area (Å²) in [6.07, 6.45) is 2.42. The van der Waals surface area contributed by atoms with Gasteiger partial charge in [0.15, 0.2) is 17.1 Å². The van der Waals surface area contributed by atoms with Crippen LogP contribution >= 0.6 is 0 Å². The Hall–Kier alpha value is -3.45. The van der Waals surface area contributed by atoms with E-state index in [2.05, 4.69) is 9.71 Å². The highest BCUT2D eigenvalue weighted by atomic mass is 32.2. The number of aromatic nitrogens is 1. The first-order valence-electron chi connectivity index (χ1n) is 11.6. The number of pyridine rings is 1. The molecule has 3 atom stereocenters. The number of aliphatic carboxylic acids is 1. The zero-order valence-corrected chi connectivity index (χ0v) is 21.1. The van der Waals surface area contributed by atoms with Crippen LogP contribution in [-0.2, 0) is 19.6 Å². The van der Waals surface area contributed by atoms with Gasteiger partial charge in [0, 0.05) is 24.0 Å². The van der Waals surface area contributed by atoms with Crippen molar-refractivity contribution in [1.82, 2.24) is 9.62 Å². The van der Waals surface area contributed by atoms with Gasteiger partial charge in [0.25, 0.3) is 0 Å². The number of aryl methyl sites for hydroxylation is 1. The molecule has 1 aliphatic heterocycles. The summed E-state index contributed by atoms with van der Waals surface area (Å²) in [4.78, 5) is 30.2. The number of nitrogens with two attached hydrogens (primary N) is 2. The van der Waals surface area contributed by atoms with Crippen LogP contribution in [0.2, 0.25) is 0 Å². The molecule has 1 aromatic heterocycles. The van der Waals surface area contributed by atoms with Gasteiger partial charge in [0.05, 0.1) is 0 Å². The van der Waals surface area contributed by atoms with Crippen LogP contribution in [0.4, 0.5) is 0 Å². The van der Waals surface area contributed by atoms with Crippen molar-refractivity contribution in [3.63, 3.8) is 0 Å². The smallest absolute Gasteiger partial charge is 0.326 e. The molecule has 1 fully saturated rings. The highest BCUT2D eigenvalue weighted by Gasteiger charge is 2.39. The predicted molar refractivity (Wildman–Crippen MR) is 133 cm³/mol. The zero-order valence-electron chi connectivity index (χ0n) is 20.3. The average molecular weight is 521 g/mol. The number of hydrogen-bond donors (Lipinski definition) is 4. The number of piperidine rings is 1. The molecular weight excluding hydrogens is 488 g/mol. The number of carboxylic acids is 1. The van der Waals surface area contributed by atoms with Gasteiger partial charge in [0.2, 0.25) is 21.4 Å². The first-order valence-corrected chi connectivity index (χ1v) is 13.1. The number of carboxylic acid groups (broad SMARTS) is 1. The molecule has 3 rings (SSSR count). The lowest BCUT2D eigenvalue weighted by Gasteiger charge is -2.38. The molecule has 0 bridgehead atoms. The number of para-hydroxylation sites is 1. The second-order valence-electron chi connectivity index (χ2n) is 9.18. The molecule has 196 valence electrons. The Morgan fingerprint density at radius 2 is 2.08 bits per heavy atom. The summed E-state index contributed by atoms with van der Waals surface area (Å²) in [5.74, 6) is -1.82. The number of nitrogens with one attached hydrogen (secondary N) is 1. The molecule has 12 nitrogen and oxygen atoms in total. The van der Waals surface area contributed by atoms with Crippen LogP contribution in [0.3, 0.4) is 0 Å². The molecule has 6 N–H and O–H groups in total. The molecular formula is C23H32N6O6S. The predicted octanol–water partition coefficient (Wildman–Crippen LogP) is 0.194. The van der Waals surface area contributed by atoms with Crippen LogP contribution in [0.1, 0.15) is 38.2 Å². The minimum atomic E-state index is -4.36. The quantitative estimate of drug-likeness (QED) is 0.118. The molecule has 1 aromatic carbocycles. The van der Waals surface area contributed by atoms with E-state index < -0.39 is 34.0 Å². The van der Waals surface area contributed by atoms with Crippen LogP contribution in [0, 0.1) is 18.0 Å². The number of carbonyl (C=O) groups is 2. The number of rotatable bonds is 9. The molecule has 0 spiro atoms. The van der Waals surface area contributed by atoms with Gasteiger partial charge in [0.1, 0.15) is 12.1 Å². The normalized spacial score (nSPS) is 19.1.